The van der Waals surface area contributed by atoms with Gasteiger partial charge in [-0.25, -0.2) is 0 Å². The number of amides is 2. The lowest BCUT2D eigenvalue weighted by Gasteiger charge is -2.34. The first-order valence-corrected chi connectivity index (χ1v) is 7.23. The van der Waals surface area contributed by atoms with E-state index < -0.39 is 11.8 Å². The number of hydrogen-bond acceptors (Lipinski definition) is 4. The van der Waals surface area contributed by atoms with Crippen molar-refractivity contribution < 1.29 is 19.1 Å². The summed E-state index contributed by atoms with van der Waals surface area (Å²) in [6.45, 7) is 5.96. The average Bonchev–Trinajstić information content (AvgIpc) is 2.45. The average molecular weight is 304 g/mol. The molecule has 1 fully saturated rings. The van der Waals surface area contributed by atoms with Crippen LogP contribution in [0.15, 0.2) is 24.3 Å². The lowest BCUT2D eigenvalue weighted by Crippen LogP contribution is -2.51. The van der Waals surface area contributed by atoms with Gasteiger partial charge in [0.05, 0.1) is 12.2 Å². The second kappa shape index (κ2) is 6.70. The molecule has 0 aromatic heterocycles. The Balaban J connectivity index is 2.04. The third-order valence-electron chi connectivity index (χ3n) is 3.43. The summed E-state index contributed by atoms with van der Waals surface area (Å²) in [5.41, 5.74) is 0.916. The Morgan fingerprint density at radius 1 is 1.18 bits per heavy atom. The molecule has 0 saturated carbocycles. The first-order valence-electron chi connectivity index (χ1n) is 7.23. The van der Waals surface area contributed by atoms with Crippen LogP contribution in [-0.4, -0.2) is 47.8 Å². The molecule has 6 heteroatoms. The fourth-order valence-electron chi connectivity index (χ4n) is 2.49. The number of nitrogens with one attached hydrogen (secondary N) is 1. The normalized spacial score (nSPS) is 21.3. The summed E-state index contributed by atoms with van der Waals surface area (Å²) < 4.78 is 5.54. The molecular weight excluding hydrogens is 284 g/mol. The number of morpholine rings is 1. The molecule has 1 aliphatic heterocycles. The fraction of sp³-hybridized carbons (Fsp3) is 0.438. The summed E-state index contributed by atoms with van der Waals surface area (Å²) in [6.07, 6.45) is -0.192. The van der Waals surface area contributed by atoms with Crippen molar-refractivity contribution in [2.75, 3.05) is 18.4 Å². The Kier molecular flexibility index (Phi) is 4.92. The van der Waals surface area contributed by atoms with E-state index in [1.807, 2.05) is 13.8 Å². The topological polar surface area (TPSA) is 75.7 Å². The van der Waals surface area contributed by atoms with Crippen LogP contribution in [0, 0.1) is 0 Å². The van der Waals surface area contributed by atoms with Crippen LogP contribution in [0.2, 0.25) is 0 Å². The predicted octanol–water partition coefficient (Wildman–Crippen LogP) is 1.46. The van der Waals surface area contributed by atoms with Crippen LogP contribution in [0.4, 0.5) is 5.69 Å². The minimum Gasteiger partial charge on any atom is -0.372 e. The Morgan fingerprint density at radius 2 is 1.82 bits per heavy atom. The summed E-state index contributed by atoms with van der Waals surface area (Å²) in [4.78, 5) is 37.1. The van der Waals surface area contributed by atoms with Crippen molar-refractivity contribution in [3.05, 3.63) is 29.8 Å². The van der Waals surface area contributed by atoms with Crippen LogP contribution in [0.5, 0.6) is 0 Å². The van der Waals surface area contributed by atoms with Gasteiger partial charge >= 0.3 is 11.8 Å². The van der Waals surface area contributed by atoms with E-state index in [0.717, 1.165) is 0 Å². The zero-order valence-electron chi connectivity index (χ0n) is 13.0. The van der Waals surface area contributed by atoms with E-state index >= 15 is 0 Å². The van der Waals surface area contributed by atoms with Crippen LogP contribution >= 0.6 is 0 Å². The molecular formula is C16H20N2O4. The molecule has 1 aromatic rings. The van der Waals surface area contributed by atoms with E-state index in [1.54, 1.807) is 24.3 Å². The third-order valence-corrected chi connectivity index (χ3v) is 3.43. The summed E-state index contributed by atoms with van der Waals surface area (Å²) in [6, 6.07) is 6.51. The number of carbonyl (C=O) groups is 3. The van der Waals surface area contributed by atoms with Gasteiger partial charge in [0.1, 0.15) is 0 Å². The maximum atomic E-state index is 12.2. The molecule has 2 atom stereocenters. The Hall–Kier alpha value is -2.21. The monoisotopic (exact) mass is 304 g/mol. The highest BCUT2D eigenvalue weighted by Crippen LogP contribution is 2.13. The fourth-order valence-corrected chi connectivity index (χ4v) is 2.49. The minimum absolute atomic E-state index is 0.0958. The zero-order valence-corrected chi connectivity index (χ0v) is 13.0. The van der Waals surface area contributed by atoms with Gasteiger partial charge in [0.2, 0.25) is 0 Å². The lowest BCUT2D eigenvalue weighted by atomic mass is 10.1. The predicted molar refractivity (Wildman–Crippen MR) is 81.7 cm³/mol. The summed E-state index contributed by atoms with van der Waals surface area (Å²) in [5.74, 6) is -1.39. The second-order valence-corrected chi connectivity index (χ2v) is 5.56. The largest absolute Gasteiger partial charge is 0.372 e. The smallest absolute Gasteiger partial charge is 0.313 e. The van der Waals surface area contributed by atoms with Crippen molar-refractivity contribution in [3.63, 3.8) is 0 Å². The van der Waals surface area contributed by atoms with E-state index in [0.29, 0.717) is 24.3 Å². The third kappa shape index (κ3) is 3.92. The van der Waals surface area contributed by atoms with Gasteiger partial charge in [0, 0.05) is 24.3 Å². The van der Waals surface area contributed by atoms with E-state index in [-0.39, 0.29) is 18.0 Å². The molecule has 1 aromatic carbocycles. The van der Waals surface area contributed by atoms with E-state index in [4.69, 9.17) is 4.74 Å². The highest BCUT2D eigenvalue weighted by Gasteiger charge is 2.29. The SMILES string of the molecule is CC(=O)c1cccc(NC(=O)C(=O)N2CC(C)OC(C)C2)c1. The molecule has 1 aliphatic rings. The Labute approximate surface area is 129 Å². The number of nitrogens with zero attached hydrogens (tertiary/aromatic N) is 1. The quantitative estimate of drug-likeness (QED) is 0.663. The Morgan fingerprint density at radius 3 is 2.41 bits per heavy atom. The maximum absolute atomic E-state index is 12.2. The van der Waals surface area contributed by atoms with E-state index in [2.05, 4.69) is 5.32 Å². The van der Waals surface area contributed by atoms with Gasteiger partial charge in [-0.05, 0) is 32.9 Å². The maximum Gasteiger partial charge on any atom is 0.313 e. The van der Waals surface area contributed by atoms with Gasteiger partial charge in [-0.3, -0.25) is 14.4 Å². The number of benzene rings is 1. The number of carbonyl (C=O) groups excluding carboxylic acids is 3. The molecule has 2 unspecified atom stereocenters. The number of anilines is 1. The molecule has 1 N–H and O–H groups in total. The van der Waals surface area contributed by atoms with E-state index in [1.165, 1.54) is 11.8 Å². The molecule has 1 saturated heterocycles. The van der Waals surface area contributed by atoms with Gasteiger partial charge in [0.15, 0.2) is 5.78 Å². The van der Waals surface area contributed by atoms with Gasteiger partial charge in [-0.2, -0.15) is 0 Å². The first kappa shape index (κ1) is 16.2. The highest BCUT2D eigenvalue weighted by molar-refractivity contribution is 6.39. The van der Waals surface area contributed by atoms with Crippen molar-refractivity contribution in [1.29, 1.82) is 0 Å². The molecule has 1 heterocycles. The molecule has 118 valence electrons. The lowest BCUT2D eigenvalue weighted by molar-refractivity contribution is -0.151. The summed E-state index contributed by atoms with van der Waals surface area (Å²) >= 11 is 0. The van der Waals surface area contributed by atoms with Crippen LogP contribution in [0.25, 0.3) is 0 Å². The minimum atomic E-state index is -0.706. The molecule has 2 amide bonds. The number of Topliss-reactive ketones (excluding diaryl/α,β-unsaturated/α-hetero) is 1. The molecule has 0 spiro atoms. The highest BCUT2D eigenvalue weighted by atomic mass is 16.5. The van der Waals surface area contributed by atoms with Gasteiger partial charge < -0.3 is 15.0 Å². The van der Waals surface area contributed by atoms with E-state index in [9.17, 15) is 14.4 Å². The van der Waals surface area contributed by atoms with Gasteiger partial charge in [-0.15, -0.1) is 0 Å². The second-order valence-electron chi connectivity index (χ2n) is 5.56. The van der Waals surface area contributed by atoms with Crippen molar-refractivity contribution in [2.24, 2.45) is 0 Å². The van der Waals surface area contributed by atoms with Crippen molar-refractivity contribution in [2.45, 2.75) is 33.0 Å². The van der Waals surface area contributed by atoms with Gasteiger partial charge in [0.25, 0.3) is 0 Å². The molecule has 2 rings (SSSR count). The molecule has 0 aliphatic carbocycles. The standard InChI is InChI=1S/C16H20N2O4/c1-10-8-18(9-11(2)22-10)16(21)15(20)17-14-6-4-5-13(7-14)12(3)19/h4-7,10-11H,8-9H2,1-3H3,(H,17,20). The number of rotatable bonds is 2. The Bertz CT molecular complexity index is 590. The van der Waals surface area contributed by atoms with Crippen LogP contribution < -0.4 is 5.32 Å². The number of hydrogen-bond donors (Lipinski definition) is 1. The van der Waals surface area contributed by atoms with Crippen LogP contribution in [0.3, 0.4) is 0 Å². The molecule has 6 nitrogen and oxygen atoms in total. The zero-order chi connectivity index (χ0) is 16.3. The van der Waals surface area contributed by atoms with Crippen molar-refractivity contribution in [3.8, 4) is 0 Å². The molecule has 0 radical (unpaired) electrons. The number of ether oxygens (including phenoxy) is 1. The number of ketones is 1. The molecule has 0 bridgehead atoms. The van der Waals surface area contributed by atoms with Crippen molar-refractivity contribution >= 4 is 23.3 Å². The summed E-state index contributed by atoms with van der Waals surface area (Å²) in [7, 11) is 0. The van der Waals surface area contributed by atoms with Crippen molar-refractivity contribution in [1.82, 2.24) is 4.90 Å². The van der Waals surface area contributed by atoms with Gasteiger partial charge in [-0.1, -0.05) is 12.1 Å². The first-order chi connectivity index (χ1) is 10.4. The van der Waals surface area contributed by atoms with Crippen LogP contribution in [0.1, 0.15) is 31.1 Å². The van der Waals surface area contributed by atoms with Crippen LogP contribution in [-0.2, 0) is 14.3 Å². The molecule has 22 heavy (non-hydrogen) atoms. The summed E-state index contributed by atoms with van der Waals surface area (Å²) in [5, 5.41) is 2.54.